The zero-order valence-electron chi connectivity index (χ0n) is 22.0. The Bertz CT molecular complexity index is 689. The molecule has 1 aromatic rings. The van der Waals surface area contributed by atoms with Gasteiger partial charge in [-0.1, -0.05) is 19.6 Å². The number of hydrogen-bond acceptors (Lipinski definition) is 2. The van der Waals surface area contributed by atoms with Crippen LogP contribution in [0.4, 0.5) is 22.0 Å². The van der Waals surface area contributed by atoms with Crippen LogP contribution in [-0.2, 0) is 9.47 Å². The number of nitrogens with one attached hydrogen (secondary N) is 1. The van der Waals surface area contributed by atoms with Gasteiger partial charge in [-0.3, -0.25) is 0 Å². The largest absolute Gasteiger partial charge is 1.00 e. The van der Waals surface area contributed by atoms with Crippen LogP contribution in [0.1, 0.15) is 33.3 Å². The van der Waals surface area contributed by atoms with Crippen molar-refractivity contribution in [1.29, 1.82) is 0 Å². The molecular weight excluding hydrogens is 470 g/mol. The van der Waals surface area contributed by atoms with Crippen molar-refractivity contribution >= 4 is 22.3 Å². The minimum Gasteiger partial charge on any atom is -0.396 e. The Kier molecular flexibility index (Phi) is 19.8. The molecule has 0 fully saturated rings. The first-order valence-electron chi connectivity index (χ1n) is 10.6. The van der Waals surface area contributed by atoms with Crippen LogP contribution in [0.5, 0.6) is 0 Å². The number of amidine groups is 1. The molecule has 0 atom stereocenters. The molecule has 0 aliphatic rings. The predicted octanol–water partition coefficient (Wildman–Crippen LogP) is 2.34. The summed E-state index contributed by atoms with van der Waals surface area (Å²) in [4.78, 5) is 4.24. The van der Waals surface area contributed by atoms with Gasteiger partial charge in [0.05, 0.1) is 5.56 Å². The quantitative estimate of drug-likeness (QED) is 0.153. The molecule has 0 radical (unpaired) electrons. The second-order valence-corrected chi connectivity index (χ2v) is 17.8. The molecule has 0 spiro atoms. The monoisotopic (exact) mass is 509 g/mol. The molecule has 0 aliphatic heterocycles. The molecule has 4 nitrogen and oxygen atoms in total. The van der Waals surface area contributed by atoms with Gasteiger partial charge in [0.15, 0.2) is 31.5 Å². The summed E-state index contributed by atoms with van der Waals surface area (Å²) in [5.74, 6) is -10.1. The van der Waals surface area contributed by atoms with Crippen molar-refractivity contribution in [3.05, 3.63) is 39.6 Å². The molecule has 0 bridgehead atoms. The zero-order valence-corrected chi connectivity index (χ0v) is 24.0. The molecule has 0 saturated carbocycles. The Labute approximate surface area is 210 Å². The molecule has 188 valence electrons. The average Bonchev–Trinajstić information content (AvgIpc) is 2.65. The first kappa shape index (κ1) is 36.9. The maximum atomic E-state index is 14.0. The fourth-order valence-corrected chi connectivity index (χ4v) is 3.90. The van der Waals surface area contributed by atoms with E-state index in [1.165, 1.54) is 0 Å². The van der Waals surface area contributed by atoms with Gasteiger partial charge in [-0.05, 0) is 47.3 Å². The van der Waals surface area contributed by atoms with Gasteiger partial charge in [-0.2, -0.15) is 0 Å². The van der Waals surface area contributed by atoms with Crippen LogP contribution in [0.15, 0.2) is 0 Å². The van der Waals surface area contributed by atoms with E-state index in [2.05, 4.69) is 9.64 Å². The van der Waals surface area contributed by atoms with Crippen molar-refractivity contribution in [2.24, 2.45) is 0 Å². The maximum absolute atomic E-state index is 14.0. The first-order chi connectivity index (χ1) is 14.6. The van der Waals surface area contributed by atoms with Crippen LogP contribution in [0.2, 0.25) is 39.3 Å². The number of benzene rings is 1. The van der Waals surface area contributed by atoms with Crippen molar-refractivity contribution in [2.45, 2.75) is 67.0 Å². The van der Waals surface area contributed by atoms with Crippen LogP contribution >= 0.6 is 0 Å². The summed E-state index contributed by atoms with van der Waals surface area (Å²) in [6, 6.07) is 0. The number of ether oxygens (including phenoxy) is 2. The zero-order chi connectivity index (χ0) is 25.7. The molecule has 33 heavy (non-hydrogen) atoms. The molecule has 0 unspecified atom stereocenters. The molecule has 0 heterocycles. The Balaban J connectivity index is -0.000000686. The van der Waals surface area contributed by atoms with Crippen LogP contribution < -0.4 is 23.5 Å². The molecule has 0 saturated heterocycles. The van der Waals surface area contributed by atoms with Crippen LogP contribution in [0.25, 0.3) is 4.98 Å². The van der Waals surface area contributed by atoms with Gasteiger partial charge in [-0.25, -0.2) is 22.0 Å². The number of rotatable bonds is 7. The van der Waals surface area contributed by atoms with E-state index in [0.29, 0.717) is 0 Å². The van der Waals surface area contributed by atoms with Gasteiger partial charge >= 0.3 is 18.9 Å². The van der Waals surface area contributed by atoms with Crippen molar-refractivity contribution < 1.29 is 54.9 Å². The van der Waals surface area contributed by atoms with Crippen LogP contribution in [0, 0.1) is 29.1 Å². The Morgan fingerprint density at radius 1 is 0.667 bits per heavy atom. The summed E-state index contributed by atoms with van der Waals surface area (Å²) in [5, 5.41) is 0. The molecule has 0 aliphatic carbocycles. The summed E-state index contributed by atoms with van der Waals surface area (Å²) < 4.78 is 80.5. The van der Waals surface area contributed by atoms with E-state index in [9.17, 15) is 22.0 Å². The van der Waals surface area contributed by atoms with Gasteiger partial charge in [0.2, 0.25) is 5.82 Å². The number of halogens is 5. The standard InChI is InChI=1S/C13H18F5N2Si2.2C4H10O.Li/c1-21(2,3)19-13(20-22(4,5)6)7-8(14)10(16)12(18)11(17)9(7)15;2*1-3-5-4-2;/h1-6H3;2*3-4H2,1-2H3;/q-1;;;+1/p+1. The summed E-state index contributed by atoms with van der Waals surface area (Å²) in [6.45, 7) is 22.2. The van der Waals surface area contributed by atoms with E-state index in [0.717, 1.165) is 26.4 Å². The van der Waals surface area contributed by atoms with Crippen molar-refractivity contribution in [1.82, 2.24) is 0 Å². The van der Waals surface area contributed by atoms with E-state index in [1.54, 1.807) is 19.6 Å². The summed E-state index contributed by atoms with van der Waals surface area (Å²) in [5.41, 5.74) is -0.985. The van der Waals surface area contributed by atoms with Gasteiger partial charge in [0, 0.05) is 26.4 Å². The summed E-state index contributed by atoms with van der Waals surface area (Å²) >= 11 is 0. The Hall–Kier alpha value is -0.709. The second kappa shape index (κ2) is 17.7. The first-order valence-corrected chi connectivity index (χ1v) is 17.6. The third-order valence-electron chi connectivity index (χ3n) is 3.20. The topological polar surface area (TPSA) is 46.5 Å². The van der Waals surface area contributed by atoms with Gasteiger partial charge in [-0.15, -0.1) is 0 Å². The van der Waals surface area contributed by atoms with E-state index < -0.39 is 51.1 Å². The Morgan fingerprint density at radius 3 is 1.18 bits per heavy atom. The molecule has 1 N–H and O–H groups in total. The van der Waals surface area contributed by atoms with Gasteiger partial charge < -0.3 is 19.1 Å². The molecule has 12 heteroatoms. The van der Waals surface area contributed by atoms with E-state index in [4.69, 9.17) is 9.47 Å². The van der Waals surface area contributed by atoms with Gasteiger partial charge in [0.25, 0.3) is 0 Å². The van der Waals surface area contributed by atoms with Crippen molar-refractivity contribution in [3.8, 4) is 0 Å². The average molecular weight is 510 g/mol. The van der Waals surface area contributed by atoms with Crippen LogP contribution in [-0.4, -0.2) is 48.7 Å². The van der Waals surface area contributed by atoms with E-state index in [1.807, 2.05) is 47.3 Å². The molecule has 0 amide bonds. The fourth-order valence-electron chi connectivity index (χ4n) is 2.06. The van der Waals surface area contributed by atoms with Crippen molar-refractivity contribution in [3.63, 3.8) is 0 Å². The normalized spacial score (nSPS) is 11.5. The van der Waals surface area contributed by atoms with E-state index in [-0.39, 0.29) is 24.7 Å². The van der Waals surface area contributed by atoms with Gasteiger partial charge in [0.1, 0.15) is 14.1 Å². The number of hydrogen-bond donors (Lipinski definition) is 1. The smallest absolute Gasteiger partial charge is 0.396 e. The molecule has 1 aromatic carbocycles. The van der Waals surface area contributed by atoms with Crippen molar-refractivity contribution in [2.75, 3.05) is 26.4 Å². The molecular formula is C21H39F5LiN2O2Si2+. The second-order valence-electron chi connectivity index (χ2n) is 8.51. The third kappa shape index (κ3) is 15.7. The van der Waals surface area contributed by atoms with Crippen LogP contribution in [0.3, 0.4) is 0 Å². The third-order valence-corrected chi connectivity index (χ3v) is 5.08. The SMILES string of the molecule is CCOCC.CCOCC.C[Si](C)(C)[N-]/C(=[NH+]/[Si](C)(C)C)c1c(F)c(F)c(F)c(F)c1F.[Li+]. The predicted molar refractivity (Wildman–Crippen MR) is 126 cm³/mol. The summed E-state index contributed by atoms with van der Waals surface area (Å²) in [7, 11) is -4.35. The fraction of sp³-hybridized carbons (Fsp3) is 0.667. The minimum absolute atomic E-state index is 0. The van der Waals surface area contributed by atoms with E-state index >= 15 is 0 Å². The maximum Gasteiger partial charge on any atom is 1.00 e. The Morgan fingerprint density at radius 2 is 0.970 bits per heavy atom. The minimum atomic E-state index is -2.22. The summed E-state index contributed by atoms with van der Waals surface area (Å²) in [6.07, 6.45) is 0. The molecule has 1 rings (SSSR count). The number of nitrogens with zero attached hydrogens (tertiary/aromatic N) is 1. The molecule has 0 aromatic heterocycles.